The Kier molecular flexibility index (Phi) is 5.60. The molecule has 2 aromatic rings. The molecule has 0 aliphatic rings. The molecule has 0 atom stereocenters. The molecule has 2 aromatic carbocycles. The zero-order valence-corrected chi connectivity index (χ0v) is 13.4. The highest BCUT2D eigenvalue weighted by Gasteiger charge is 2.09. The molecule has 0 bridgehead atoms. The van der Waals surface area contributed by atoms with Crippen molar-refractivity contribution in [1.82, 2.24) is 0 Å². The van der Waals surface area contributed by atoms with Crippen LogP contribution in [-0.4, -0.2) is 31.9 Å². The minimum Gasteiger partial charge on any atom is -0.497 e. The summed E-state index contributed by atoms with van der Waals surface area (Å²) in [5.74, 6) is 1.19. The van der Waals surface area contributed by atoms with Crippen molar-refractivity contribution >= 4 is 24.2 Å². The minimum absolute atomic E-state index is 0.130. The molecule has 2 rings (SSSR count). The number of allylic oxidation sites excluding steroid dienone is 1. The summed E-state index contributed by atoms with van der Waals surface area (Å²) in [6.07, 6.45) is 3.21. The first-order valence-electron chi connectivity index (χ1n) is 7.27. The van der Waals surface area contributed by atoms with Crippen molar-refractivity contribution in [3.63, 3.8) is 0 Å². The van der Waals surface area contributed by atoms with Crippen LogP contribution in [0.3, 0.4) is 0 Å². The summed E-state index contributed by atoms with van der Waals surface area (Å²) in [7, 11) is 3.16. The van der Waals surface area contributed by atoms with E-state index in [2.05, 4.69) is 0 Å². The summed E-state index contributed by atoms with van der Waals surface area (Å²) in [6.45, 7) is 1.07. The Balaban J connectivity index is 2.22. The standard InChI is InChI=1S/C18H19BO4/c1-19(21)15-6-4-5-14(11-15)18(20)8-7-13-9-16(22-2)12-17(10-13)23-3/h4-12,21H,1-3H3/b8-7+. The quantitative estimate of drug-likeness (QED) is 0.506. The van der Waals surface area contributed by atoms with Crippen LogP contribution in [0.2, 0.25) is 6.82 Å². The molecule has 23 heavy (non-hydrogen) atoms. The van der Waals surface area contributed by atoms with Crippen LogP contribution < -0.4 is 14.9 Å². The van der Waals surface area contributed by atoms with E-state index in [0.29, 0.717) is 22.5 Å². The smallest absolute Gasteiger partial charge is 0.320 e. The molecule has 0 aliphatic carbocycles. The largest absolute Gasteiger partial charge is 0.497 e. The Morgan fingerprint density at radius 3 is 2.30 bits per heavy atom. The van der Waals surface area contributed by atoms with E-state index < -0.39 is 6.92 Å². The molecule has 0 aliphatic heterocycles. The van der Waals surface area contributed by atoms with Gasteiger partial charge in [0.1, 0.15) is 11.5 Å². The Bertz CT molecular complexity index is 700. The highest BCUT2D eigenvalue weighted by Crippen LogP contribution is 2.23. The number of ketones is 1. The average Bonchev–Trinajstić information content (AvgIpc) is 2.59. The lowest BCUT2D eigenvalue weighted by Crippen LogP contribution is -2.26. The molecular weight excluding hydrogens is 291 g/mol. The molecule has 0 amide bonds. The Hall–Kier alpha value is -2.53. The topological polar surface area (TPSA) is 55.8 Å². The number of hydrogen-bond donors (Lipinski definition) is 1. The van der Waals surface area contributed by atoms with Crippen LogP contribution >= 0.6 is 0 Å². The number of rotatable bonds is 6. The van der Waals surface area contributed by atoms with Crippen molar-refractivity contribution in [3.05, 3.63) is 59.7 Å². The summed E-state index contributed by atoms with van der Waals surface area (Å²) in [4.78, 5) is 12.3. The van der Waals surface area contributed by atoms with Crippen LogP contribution in [0.1, 0.15) is 15.9 Å². The third-order valence-corrected chi connectivity index (χ3v) is 3.45. The molecule has 0 heterocycles. The summed E-state index contributed by atoms with van der Waals surface area (Å²) >= 11 is 0. The predicted octanol–water partition coefficient (Wildman–Crippen LogP) is 2.42. The van der Waals surface area contributed by atoms with Gasteiger partial charge in [-0.25, -0.2) is 0 Å². The zero-order chi connectivity index (χ0) is 16.8. The van der Waals surface area contributed by atoms with Crippen molar-refractivity contribution < 1.29 is 19.3 Å². The predicted molar refractivity (Wildman–Crippen MR) is 92.8 cm³/mol. The number of carbonyl (C=O) groups is 1. The van der Waals surface area contributed by atoms with E-state index in [-0.39, 0.29) is 5.78 Å². The van der Waals surface area contributed by atoms with Crippen LogP contribution in [0.15, 0.2) is 48.5 Å². The van der Waals surface area contributed by atoms with Gasteiger partial charge in [0.2, 0.25) is 0 Å². The normalized spacial score (nSPS) is 10.6. The fraction of sp³-hybridized carbons (Fsp3) is 0.167. The second-order valence-electron chi connectivity index (χ2n) is 5.15. The van der Waals surface area contributed by atoms with Gasteiger partial charge in [0.25, 0.3) is 0 Å². The van der Waals surface area contributed by atoms with Crippen molar-refractivity contribution in [3.8, 4) is 11.5 Å². The van der Waals surface area contributed by atoms with E-state index >= 15 is 0 Å². The highest BCUT2D eigenvalue weighted by molar-refractivity contribution is 6.64. The second kappa shape index (κ2) is 7.65. The first kappa shape index (κ1) is 16.8. The van der Waals surface area contributed by atoms with Crippen LogP contribution in [-0.2, 0) is 0 Å². The fourth-order valence-corrected chi connectivity index (χ4v) is 2.15. The number of benzene rings is 2. The van der Waals surface area contributed by atoms with Crippen LogP contribution in [0, 0.1) is 0 Å². The number of ether oxygens (including phenoxy) is 2. The molecule has 4 nitrogen and oxygen atoms in total. The molecule has 0 fully saturated rings. The lowest BCUT2D eigenvalue weighted by Gasteiger charge is -2.06. The van der Waals surface area contributed by atoms with Crippen LogP contribution in [0.4, 0.5) is 0 Å². The first-order chi connectivity index (χ1) is 11.0. The van der Waals surface area contributed by atoms with E-state index in [1.807, 2.05) is 12.1 Å². The van der Waals surface area contributed by atoms with Gasteiger partial charge >= 0.3 is 6.92 Å². The van der Waals surface area contributed by atoms with E-state index in [4.69, 9.17) is 9.47 Å². The van der Waals surface area contributed by atoms with Gasteiger partial charge in [-0.3, -0.25) is 4.79 Å². The number of carbonyl (C=O) groups excluding carboxylic acids is 1. The zero-order valence-electron chi connectivity index (χ0n) is 13.4. The van der Waals surface area contributed by atoms with E-state index in [9.17, 15) is 9.82 Å². The SMILES string of the molecule is COc1cc(/C=C/C(=O)c2cccc(B(C)O)c2)cc(OC)c1. The summed E-state index contributed by atoms with van der Waals surface area (Å²) in [5, 5.41) is 9.60. The molecular formula is C18H19BO4. The molecule has 0 aromatic heterocycles. The maximum Gasteiger partial charge on any atom is 0.320 e. The number of hydrogen-bond acceptors (Lipinski definition) is 4. The van der Waals surface area contributed by atoms with Gasteiger partial charge in [-0.1, -0.05) is 37.2 Å². The van der Waals surface area contributed by atoms with Crippen molar-refractivity contribution in [2.24, 2.45) is 0 Å². The molecule has 1 N–H and O–H groups in total. The summed E-state index contributed by atoms with van der Waals surface area (Å²) < 4.78 is 10.4. The van der Waals surface area contributed by atoms with Gasteiger partial charge in [-0.05, 0) is 29.2 Å². The van der Waals surface area contributed by atoms with E-state index in [0.717, 1.165) is 5.56 Å². The second-order valence-corrected chi connectivity index (χ2v) is 5.15. The third-order valence-electron chi connectivity index (χ3n) is 3.45. The summed E-state index contributed by atoms with van der Waals surface area (Å²) in [5.41, 5.74) is 2.06. The first-order valence-corrected chi connectivity index (χ1v) is 7.27. The molecule has 118 valence electrons. The van der Waals surface area contributed by atoms with Gasteiger partial charge in [-0.2, -0.15) is 0 Å². The molecule has 0 spiro atoms. The van der Waals surface area contributed by atoms with Crippen molar-refractivity contribution in [1.29, 1.82) is 0 Å². The third kappa shape index (κ3) is 4.47. The minimum atomic E-state index is -0.602. The maximum atomic E-state index is 12.3. The highest BCUT2D eigenvalue weighted by atomic mass is 16.5. The Morgan fingerprint density at radius 2 is 1.74 bits per heavy atom. The van der Waals surface area contributed by atoms with Gasteiger partial charge in [0.05, 0.1) is 14.2 Å². The monoisotopic (exact) mass is 310 g/mol. The van der Waals surface area contributed by atoms with Crippen LogP contribution in [0.5, 0.6) is 11.5 Å². The number of methoxy groups -OCH3 is 2. The van der Waals surface area contributed by atoms with Gasteiger partial charge < -0.3 is 14.5 Å². The average molecular weight is 310 g/mol. The Morgan fingerprint density at radius 1 is 1.09 bits per heavy atom. The fourth-order valence-electron chi connectivity index (χ4n) is 2.15. The maximum absolute atomic E-state index is 12.3. The molecule has 0 radical (unpaired) electrons. The molecule has 5 heteroatoms. The molecule has 0 unspecified atom stereocenters. The van der Waals surface area contributed by atoms with Crippen molar-refractivity contribution in [2.45, 2.75) is 6.82 Å². The van der Waals surface area contributed by atoms with Gasteiger partial charge in [0.15, 0.2) is 5.78 Å². The Labute approximate surface area is 136 Å². The van der Waals surface area contributed by atoms with Gasteiger partial charge in [0, 0.05) is 11.6 Å². The lowest BCUT2D eigenvalue weighted by molar-refractivity contribution is 0.104. The van der Waals surface area contributed by atoms with E-state index in [1.165, 1.54) is 6.08 Å². The van der Waals surface area contributed by atoms with Crippen LogP contribution in [0.25, 0.3) is 6.08 Å². The van der Waals surface area contributed by atoms with E-state index in [1.54, 1.807) is 57.5 Å². The van der Waals surface area contributed by atoms with Crippen molar-refractivity contribution in [2.75, 3.05) is 14.2 Å². The lowest BCUT2D eigenvalue weighted by atomic mass is 9.64. The molecule has 0 saturated heterocycles. The summed E-state index contributed by atoms with van der Waals surface area (Å²) in [6, 6.07) is 12.4. The molecule has 0 saturated carbocycles. The van der Waals surface area contributed by atoms with Gasteiger partial charge in [-0.15, -0.1) is 0 Å².